The van der Waals surface area contributed by atoms with Crippen LogP contribution in [0.3, 0.4) is 0 Å². The van der Waals surface area contributed by atoms with E-state index in [1.807, 2.05) is 25.1 Å². The molecule has 0 bridgehead atoms. The average molecular weight is 208 g/mol. The number of rotatable bonds is 4. The number of hydrogen-bond donors (Lipinski definition) is 2. The molecule has 1 aromatic carbocycles. The maximum Gasteiger partial charge on any atom is 0.309 e. The van der Waals surface area contributed by atoms with Crippen LogP contribution < -0.4 is 0 Å². The normalized spacial score (nSPS) is 14.6. The van der Waals surface area contributed by atoms with Crippen molar-refractivity contribution < 1.29 is 15.0 Å². The third-order valence-electron chi connectivity index (χ3n) is 2.62. The van der Waals surface area contributed by atoms with E-state index in [0.717, 1.165) is 17.5 Å². The highest BCUT2D eigenvalue weighted by Gasteiger charge is 2.24. The first-order chi connectivity index (χ1) is 7.07. The van der Waals surface area contributed by atoms with Crippen LogP contribution in [0.2, 0.25) is 0 Å². The Morgan fingerprint density at radius 3 is 2.53 bits per heavy atom. The molecule has 0 amide bonds. The molecule has 2 N–H and O–H groups in total. The summed E-state index contributed by atoms with van der Waals surface area (Å²) in [6.45, 7) is 3.50. The number of carboxylic acids is 1. The Hall–Kier alpha value is -1.35. The lowest BCUT2D eigenvalue weighted by Crippen LogP contribution is -2.19. The summed E-state index contributed by atoms with van der Waals surface area (Å²) in [5.41, 5.74) is 1.72. The molecule has 0 aliphatic rings. The Morgan fingerprint density at radius 2 is 2.00 bits per heavy atom. The van der Waals surface area contributed by atoms with E-state index < -0.39 is 18.0 Å². The lowest BCUT2D eigenvalue weighted by molar-refractivity contribution is -0.145. The molecule has 2 atom stereocenters. The summed E-state index contributed by atoms with van der Waals surface area (Å²) in [4.78, 5) is 10.8. The SMILES string of the molecule is CCc1ccccc1C(O)C(C)C(=O)O. The van der Waals surface area contributed by atoms with Crippen LogP contribution >= 0.6 is 0 Å². The Balaban J connectivity index is 2.99. The smallest absolute Gasteiger partial charge is 0.309 e. The summed E-state index contributed by atoms with van der Waals surface area (Å²) in [7, 11) is 0. The molecule has 3 heteroatoms. The lowest BCUT2D eigenvalue weighted by atomic mass is 9.93. The minimum atomic E-state index is -0.978. The Bertz CT molecular complexity index is 346. The van der Waals surface area contributed by atoms with Crippen molar-refractivity contribution >= 4 is 5.97 Å². The molecule has 0 fully saturated rings. The molecule has 0 saturated carbocycles. The Labute approximate surface area is 89.4 Å². The second kappa shape index (κ2) is 4.94. The van der Waals surface area contributed by atoms with Crippen molar-refractivity contribution in [1.82, 2.24) is 0 Å². The number of aliphatic carboxylic acids is 1. The van der Waals surface area contributed by atoms with E-state index in [-0.39, 0.29) is 0 Å². The third kappa shape index (κ3) is 2.57. The van der Waals surface area contributed by atoms with Gasteiger partial charge in [0.1, 0.15) is 0 Å². The summed E-state index contributed by atoms with van der Waals surface area (Å²) in [6.07, 6.45) is -0.141. The molecule has 0 aliphatic heterocycles. The molecular weight excluding hydrogens is 192 g/mol. The van der Waals surface area contributed by atoms with Crippen molar-refractivity contribution in [3.8, 4) is 0 Å². The van der Waals surface area contributed by atoms with Gasteiger partial charge in [0.2, 0.25) is 0 Å². The Morgan fingerprint density at radius 1 is 1.40 bits per heavy atom. The first kappa shape index (κ1) is 11.7. The Kier molecular flexibility index (Phi) is 3.86. The van der Waals surface area contributed by atoms with Gasteiger partial charge in [-0.05, 0) is 24.5 Å². The van der Waals surface area contributed by atoms with Gasteiger partial charge in [0.25, 0.3) is 0 Å². The van der Waals surface area contributed by atoms with Crippen molar-refractivity contribution in [3.05, 3.63) is 35.4 Å². The van der Waals surface area contributed by atoms with Crippen LogP contribution in [0.1, 0.15) is 31.1 Å². The predicted molar refractivity (Wildman–Crippen MR) is 57.6 cm³/mol. The van der Waals surface area contributed by atoms with E-state index in [9.17, 15) is 9.90 Å². The lowest BCUT2D eigenvalue weighted by Gasteiger charge is -2.18. The molecule has 0 radical (unpaired) electrons. The molecule has 0 spiro atoms. The maximum atomic E-state index is 10.8. The van der Waals surface area contributed by atoms with E-state index in [4.69, 9.17) is 5.11 Å². The van der Waals surface area contributed by atoms with Gasteiger partial charge in [-0.1, -0.05) is 31.2 Å². The third-order valence-corrected chi connectivity index (χ3v) is 2.62. The van der Waals surface area contributed by atoms with Gasteiger partial charge in [-0.3, -0.25) is 4.79 Å². The molecule has 0 saturated heterocycles. The number of aliphatic hydroxyl groups excluding tert-OH is 1. The summed E-state index contributed by atoms with van der Waals surface area (Å²) in [6, 6.07) is 7.39. The van der Waals surface area contributed by atoms with Gasteiger partial charge in [0.15, 0.2) is 0 Å². The fourth-order valence-electron chi connectivity index (χ4n) is 1.55. The molecular formula is C12H16O3. The fraction of sp³-hybridized carbons (Fsp3) is 0.417. The van der Waals surface area contributed by atoms with Crippen LogP contribution in [0.4, 0.5) is 0 Å². The zero-order valence-corrected chi connectivity index (χ0v) is 8.97. The van der Waals surface area contributed by atoms with Crippen LogP contribution in [-0.4, -0.2) is 16.2 Å². The van der Waals surface area contributed by atoms with Crippen LogP contribution in [0, 0.1) is 5.92 Å². The molecule has 3 nitrogen and oxygen atoms in total. The zero-order valence-electron chi connectivity index (χ0n) is 8.97. The van der Waals surface area contributed by atoms with E-state index in [1.54, 1.807) is 6.07 Å². The minimum absolute atomic E-state index is 0.718. The highest BCUT2D eigenvalue weighted by Crippen LogP contribution is 2.25. The maximum absolute atomic E-state index is 10.8. The van der Waals surface area contributed by atoms with Gasteiger partial charge >= 0.3 is 5.97 Å². The van der Waals surface area contributed by atoms with Crippen molar-refractivity contribution in [2.75, 3.05) is 0 Å². The van der Waals surface area contributed by atoms with Crippen molar-refractivity contribution in [3.63, 3.8) is 0 Å². The van der Waals surface area contributed by atoms with Crippen molar-refractivity contribution in [2.45, 2.75) is 26.4 Å². The van der Waals surface area contributed by atoms with Gasteiger partial charge in [-0.15, -0.1) is 0 Å². The zero-order chi connectivity index (χ0) is 11.4. The summed E-state index contributed by atoms with van der Waals surface area (Å²) < 4.78 is 0. The van der Waals surface area contributed by atoms with Gasteiger partial charge in [0, 0.05) is 0 Å². The topological polar surface area (TPSA) is 57.5 Å². The van der Waals surface area contributed by atoms with E-state index >= 15 is 0 Å². The fourth-order valence-corrected chi connectivity index (χ4v) is 1.55. The average Bonchev–Trinajstić information content (AvgIpc) is 2.26. The largest absolute Gasteiger partial charge is 0.481 e. The number of carboxylic acid groups (broad SMARTS) is 1. The number of carbonyl (C=O) groups is 1. The number of benzene rings is 1. The number of aryl methyl sites for hydroxylation is 1. The molecule has 1 rings (SSSR count). The quantitative estimate of drug-likeness (QED) is 0.795. The first-order valence-electron chi connectivity index (χ1n) is 5.06. The predicted octanol–water partition coefficient (Wildman–Crippen LogP) is 2.00. The minimum Gasteiger partial charge on any atom is -0.481 e. The first-order valence-corrected chi connectivity index (χ1v) is 5.06. The molecule has 1 aromatic rings. The second-order valence-corrected chi connectivity index (χ2v) is 3.62. The summed E-state index contributed by atoms with van der Waals surface area (Å²) in [5, 5.41) is 18.7. The molecule has 0 aliphatic carbocycles. The summed E-state index contributed by atoms with van der Waals surface area (Å²) >= 11 is 0. The molecule has 15 heavy (non-hydrogen) atoms. The van der Waals surface area contributed by atoms with Crippen LogP contribution in [0.15, 0.2) is 24.3 Å². The summed E-state index contributed by atoms with van der Waals surface area (Å²) in [5.74, 6) is -1.76. The number of hydrogen-bond acceptors (Lipinski definition) is 2. The molecule has 82 valence electrons. The molecule has 0 heterocycles. The van der Waals surface area contributed by atoms with E-state index in [2.05, 4.69) is 0 Å². The van der Waals surface area contributed by atoms with Gasteiger partial charge in [0.05, 0.1) is 12.0 Å². The van der Waals surface area contributed by atoms with Gasteiger partial charge in [-0.25, -0.2) is 0 Å². The molecule has 0 aromatic heterocycles. The van der Waals surface area contributed by atoms with Crippen LogP contribution in [0.25, 0.3) is 0 Å². The van der Waals surface area contributed by atoms with Crippen molar-refractivity contribution in [2.24, 2.45) is 5.92 Å². The van der Waals surface area contributed by atoms with E-state index in [1.165, 1.54) is 6.92 Å². The monoisotopic (exact) mass is 208 g/mol. The van der Waals surface area contributed by atoms with Crippen LogP contribution in [0.5, 0.6) is 0 Å². The standard InChI is InChI=1S/C12H16O3/c1-3-9-6-4-5-7-10(9)11(13)8(2)12(14)15/h4-8,11,13H,3H2,1-2H3,(H,14,15). The molecule has 2 unspecified atom stereocenters. The van der Waals surface area contributed by atoms with Gasteiger partial charge < -0.3 is 10.2 Å². The van der Waals surface area contributed by atoms with Crippen molar-refractivity contribution in [1.29, 1.82) is 0 Å². The van der Waals surface area contributed by atoms with Gasteiger partial charge in [-0.2, -0.15) is 0 Å². The highest BCUT2D eigenvalue weighted by atomic mass is 16.4. The van der Waals surface area contributed by atoms with E-state index in [0.29, 0.717) is 0 Å². The number of aliphatic hydroxyl groups is 1. The highest BCUT2D eigenvalue weighted by molar-refractivity contribution is 5.70. The van der Waals surface area contributed by atoms with Crippen LogP contribution in [-0.2, 0) is 11.2 Å². The second-order valence-electron chi connectivity index (χ2n) is 3.62.